The number of fused-ring (bicyclic) bond motifs is 1. The number of carboxylic acid groups (broad SMARTS) is 1. The second kappa shape index (κ2) is 9.32. The Balaban J connectivity index is 1.16. The molecule has 2 aliphatic carbocycles. The summed E-state index contributed by atoms with van der Waals surface area (Å²) in [4.78, 5) is 13.5. The maximum atomic E-state index is 11.1. The molecule has 1 saturated carbocycles. The van der Waals surface area contributed by atoms with Gasteiger partial charge in [0, 0.05) is 18.5 Å². The van der Waals surface area contributed by atoms with Crippen molar-refractivity contribution < 1.29 is 14.6 Å². The molecular formula is C28H31NO3S. The zero-order chi connectivity index (χ0) is 22.9. The highest BCUT2D eigenvalue weighted by Gasteiger charge is 2.40. The van der Waals surface area contributed by atoms with E-state index in [2.05, 4.69) is 72.1 Å². The third kappa shape index (κ3) is 4.57. The first-order valence-electron chi connectivity index (χ1n) is 11.8. The Hall–Kier alpha value is -2.63. The lowest BCUT2D eigenvalue weighted by Crippen LogP contribution is -2.46. The van der Waals surface area contributed by atoms with Crippen molar-refractivity contribution in [2.75, 3.05) is 13.7 Å². The first-order valence-corrected chi connectivity index (χ1v) is 12.8. The fourth-order valence-corrected chi connectivity index (χ4v) is 6.03. The third-order valence-corrected chi connectivity index (χ3v) is 8.16. The van der Waals surface area contributed by atoms with Crippen molar-refractivity contribution in [1.29, 1.82) is 0 Å². The fraction of sp³-hybridized carbons (Fsp3) is 0.393. The average Bonchev–Trinajstić information content (AvgIpc) is 3.42. The van der Waals surface area contributed by atoms with Gasteiger partial charge in [-0.25, -0.2) is 0 Å². The van der Waals surface area contributed by atoms with Gasteiger partial charge in [0.25, 0.3) is 0 Å². The summed E-state index contributed by atoms with van der Waals surface area (Å²) in [6.45, 7) is 2.84. The van der Waals surface area contributed by atoms with Crippen LogP contribution in [0.2, 0.25) is 0 Å². The Kier molecular flexibility index (Phi) is 6.26. The molecule has 0 saturated heterocycles. The number of hydrogen-bond donors (Lipinski definition) is 1. The van der Waals surface area contributed by atoms with Gasteiger partial charge in [-0.1, -0.05) is 24.3 Å². The average molecular weight is 462 g/mol. The predicted octanol–water partition coefficient (Wildman–Crippen LogP) is 6.13. The van der Waals surface area contributed by atoms with Gasteiger partial charge in [0.2, 0.25) is 0 Å². The van der Waals surface area contributed by atoms with E-state index < -0.39 is 5.97 Å². The molecule has 2 aliphatic rings. The second-order valence-electron chi connectivity index (χ2n) is 9.50. The van der Waals surface area contributed by atoms with Crippen LogP contribution in [0.15, 0.2) is 53.2 Å². The molecule has 0 radical (unpaired) electrons. The Bertz CT molecular complexity index is 1130. The Morgan fingerprint density at radius 1 is 1.18 bits per heavy atom. The van der Waals surface area contributed by atoms with E-state index in [4.69, 9.17) is 9.84 Å². The van der Waals surface area contributed by atoms with Gasteiger partial charge in [-0.15, -0.1) is 0 Å². The summed E-state index contributed by atoms with van der Waals surface area (Å²) in [5.41, 5.74) is 7.95. The fourth-order valence-electron chi connectivity index (χ4n) is 5.37. The van der Waals surface area contributed by atoms with Crippen LogP contribution in [0.1, 0.15) is 47.6 Å². The van der Waals surface area contributed by atoms with Gasteiger partial charge in [0.1, 0.15) is 5.75 Å². The summed E-state index contributed by atoms with van der Waals surface area (Å²) in [6, 6.07) is 16.2. The van der Waals surface area contributed by atoms with Crippen molar-refractivity contribution in [1.82, 2.24) is 4.90 Å². The van der Waals surface area contributed by atoms with Gasteiger partial charge < -0.3 is 9.84 Å². The van der Waals surface area contributed by atoms with Gasteiger partial charge >= 0.3 is 5.97 Å². The van der Waals surface area contributed by atoms with Gasteiger partial charge in [-0.2, -0.15) is 11.3 Å². The van der Waals surface area contributed by atoms with Crippen LogP contribution >= 0.6 is 11.3 Å². The predicted molar refractivity (Wildman–Crippen MR) is 133 cm³/mol. The van der Waals surface area contributed by atoms with E-state index >= 15 is 0 Å². The molecule has 0 spiro atoms. The van der Waals surface area contributed by atoms with Crippen molar-refractivity contribution in [3.05, 3.63) is 75.5 Å². The van der Waals surface area contributed by atoms with Gasteiger partial charge in [0.15, 0.2) is 0 Å². The van der Waals surface area contributed by atoms with E-state index in [-0.39, 0.29) is 5.92 Å². The minimum Gasteiger partial charge on any atom is -0.493 e. The smallest absolute Gasteiger partial charge is 0.306 e. The molecule has 3 aromatic rings. The van der Waals surface area contributed by atoms with Crippen LogP contribution in [-0.4, -0.2) is 35.7 Å². The van der Waals surface area contributed by atoms with Crippen molar-refractivity contribution >= 4 is 17.3 Å². The zero-order valence-corrected chi connectivity index (χ0v) is 20.1. The number of ether oxygens (including phenoxy) is 1. The first kappa shape index (κ1) is 22.2. The number of nitrogens with zero attached hydrogens (tertiary/aromatic N) is 1. The van der Waals surface area contributed by atoms with Crippen molar-refractivity contribution in [3.8, 4) is 16.9 Å². The van der Waals surface area contributed by atoms with Gasteiger partial charge in [-0.3, -0.25) is 9.69 Å². The van der Waals surface area contributed by atoms with E-state index in [1.165, 1.54) is 33.4 Å². The molecule has 4 nitrogen and oxygen atoms in total. The van der Waals surface area contributed by atoms with Crippen LogP contribution in [0.4, 0.5) is 0 Å². The number of rotatable bonds is 8. The van der Waals surface area contributed by atoms with Crippen molar-refractivity contribution in [3.63, 3.8) is 0 Å². The Morgan fingerprint density at radius 2 is 2.03 bits per heavy atom. The van der Waals surface area contributed by atoms with Crippen LogP contribution in [0, 0.1) is 12.8 Å². The van der Waals surface area contributed by atoms with Gasteiger partial charge in [0.05, 0.1) is 12.5 Å². The number of thiophene rings is 1. The standard InChI is InChI=1S/C28H31NO3S/c1-18-13-19(3-6-25(18)21-10-12-33-17-21)9-11-32-24-5-7-26-20(16-24)4-8-27(26)29(2)23-14-22(15-23)28(30)31/h3,5-7,10,12-13,16-17,22-23,27H,4,8-9,11,14-15H2,1-2H3,(H,30,31). The number of hydrogen-bond acceptors (Lipinski definition) is 4. The van der Waals surface area contributed by atoms with E-state index in [9.17, 15) is 4.79 Å². The molecule has 0 aliphatic heterocycles. The number of carbonyl (C=O) groups is 1. The molecule has 1 atom stereocenters. The van der Waals surface area contributed by atoms with Crippen LogP contribution in [0.3, 0.4) is 0 Å². The summed E-state index contributed by atoms with van der Waals surface area (Å²) < 4.78 is 6.12. The summed E-state index contributed by atoms with van der Waals surface area (Å²) in [5, 5.41) is 13.5. The molecular weight excluding hydrogens is 430 g/mol. The summed E-state index contributed by atoms with van der Waals surface area (Å²) in [6.07, 6.45) is 4.58. The molecule has 5 heteroatoms. The summed E-state index contributed by atoms with van der Waals surface area (Å²) in [7, 11) is 2.15. The molecule has 1 aromatic heterocycles. The molecule has 0 amide bonds. The molecule has 5 rings (SSSR count). The number of aliphatic carboxylic acids is 1. The van der Waals surface area contributed by atoms with E-state index in [0.29, 0.717) is 18.7 Å². The number of aryl methyl sites for hydroxylation is 2. The molecule has 1 unspecified atom stereocenters. The van der Waals surface area contributed by atoms with Crippen molar-refractivity contribution in [2.24, 2.45) is 5.92 Å². The first-order chi connectivity index (χ1) is 16.0. The largest absolute Gasteiger partial charge is 0.493 e. The Morgan fingerprint density at radius 3 is 2.76 bits per heavy atom. The van der Waals surface area contributed by atoms with E-state index in [1.807, 2.05) is 0 Å². The highest BCUT2D eigenvalue weighted by Crippen LogP contribution is 2.42. The molecule has 172 valence electrons. The molecule has 2 aromatic carbocycles. The van der Waals surface area contributed by atoms with Crippen LogP contribution in [0.25, 0.3) is 11.1 Å². The lowest BCUT2D eigenvalue weighted by atomic mass is 9.79. The number of benzene rings is 2. The molecule has 1 heterocycles. The van der Waals surface area contributed by atoms with Crippen LogP contribution in [0.5, 0.6) is 5.75 Å². The number of carboxylic acids is 1. The highest BCUT2D eigenvalue weighted by atomic mass is 32.1. The normalized spacial score (nSPS) is 21.6. The minimum atomic E-state index is -0.651. The SMILES string of the molecule is Cc1cc(CCOc2ccc3c(c2)CCC3N(C)C2CC(C(=O)O)C2)ccc1-c1ccsc1. The maximum absolute atomic E-state index is 11.1. The molecule has 33 heavy (non-hydrogen) atoms. The van der Waals surface area contributed by atoms with Crippen LogP contribution in [-0.2, 0) is 17.6 Å². The minimum absolute atomic E-state index is 0.162. The lowest BCUT2D eigenvalue weighted by Gasteiger charge is -2.42. The second-order valence-corrected chi connectivity index (χ2v) is 10.3. The summed E-state index contributed by atoms with van der Waals surface area (Å²) >= 11 is 1.73. The quantitative estimate of drug-likeness (QED) is 0.439. The Labute approximate surface area is 199 Å². The molecule has 1 N–H and O–H groups in total. The topological polar surface area (TPSA) is 49.8 Å². The lowest BCUT2D eigenvalue weighted by molar-refractivity contribution is -0.147. The monoisotopic (exact) mass is 461 g/mol. The zero-order valence-electron chi connectivity index (χ0n) is 19.3. The van der Waals surface area contributed by atoms with Gasteiger partial charge in [-0.05, 0) is 102 Å². The highest BCUT2D eigenvalue weighted by molar-refractivity contribution is 7.08. The van der Waals surface area contributed by atoms with Crippen LogP contribution < -0.4 is 4.74 Å². The molecule has 1 fully saturated rings. The maximum Gasteiger partial charge on any atom is 0.306 e. The van der Waals surface area contributed by atoms with E-state index in [1.54, 1.807) is 11.3 Å². The third-order valence-electron chi connectivity index (χ3n) is 7.47. The summed E-state index contributed by atoms with van der Waals surface area (Å²) in [5.74, 6) is 0.129. The molecule has 0 bridgehead atoms. The van der Waals surface area contributed by atoms with Crippen molar-refractivity contribution in [2.45, 2.75) is 51.1 Å². The van der Waals surface area contributed by atoms with E-state index in [0.717, 1.165) is 37.9 Å².